The Morgan fingerprint density at radius 3 is 1.66 bits per heavy atom. The number of pyridine rings is 2. The molecule has 2 aromatic heterocycles. The Hall–Kier alpha value is -7.72. The minimum atomic E-state index is -0.978. The van der Waals surface area contributed by atoms with Crippen molar-refractivity contribution in [1.82, 2.24) is 20.6 Å². The smallest absolute Gasteiger partial charge is 0.409 e. The summed E-state index contributed by atoms with van der Waals surface area (Å²) >= 11 is 16.4. The number of nitro benzene ring substituents is 1. The summed E-state index contributed by atoms with van der Waals surface area (Å²) in [6, 6.07) is 27.7. The van der Waals surface area contributed by atoms with Crippen molar-refractivity contribution in [2.75, 3.05) is 10.6 Å². The summed E-state index contributed by atoms with van der Waals surface area (Å²) in [7, 11) is 0. The molecule has 7 aromatic rings. The van der Waals surface area contributed by atoms with E-state index in [1.807, 2.05) is 24.3 Å². The molecule has 2 atom stereocenters. The van der Waals surface area contributed by atoms with Crippen LogP contribution in [-0.4, -0.2) is 38.2 Å². The zero-order chi connectivity index (χ0) is 54.2. The van der Waals surface area contributed by atoms with Crippen LogP contribution in [0.2, 0.25) is 10.0 Å². The van der Waals surface area contributed by atoms with Gasteiger partial charge in [-0.25, -0.2) is 27.2 Å². The third-order valence-corrected chi connectivity index (χ3v) is 11.9. The first-order valence-electron chi connectivity index (χ1n) is 22.5. The summed E-state index contributed by atoms with van der Waals surface area (Å²) < 4.78 is 59.4. The molecule has 24 heteroatoms. The maximum absolute atomic E-state index is 14.6. The van der Waals surface area contributed by atoms with E-state index in [1.54, 1.807) is 24.5 Å². The van der Waals surface area contributed by atoms with Crippen LogP contribution in [0, 0.1) is 33.4 Å². The van der Waals surface area contributed by atoms with Gasteiger partial charge in [-0.2, -0.15) is 0 Å². The van der Waals surface area contributed by atoms with Crippen LogP contribution in [0.15, 0.2) is 134 Å². The number of benzene rings is 5. The number of halogens is 8. The van der Waals surface area contributed by atoms with Gasteiger partial charge in [0.15, 0.2) is 0 Å². The van der Waals surface area contributed by atoms with Gasteiger partial charge in [0.1, 0.15) is 29.0 Å². The lowest BCUT2D eigenvalue weighted by atomic mass is 10.0. The van der Waals surface area contributed by atoms with Gasteiger partial charge < -0.3 is 37.5 Å². The van der Waals surface area contributed by atoms with E-state index in [4.69, 9.17) is 46.3 Å². The highest BCUT2D eigenvalue weighted by Crippen LogP contribution is 2.37. The number of hydrogen-bond donors (Lipinski definition) is 6. The first kappa shape index (κ1) is 59.2. The van der Waals surface area contributed by atoms with Crippen molar-refractivity contribution < 1.29 is 46.4 Å². The standard InChI is InChI=1S/C23H19ClF2N4O2.C16H13ClF2N2O.C7H4ClNO4.C6H8N2.ClH/c24-17-11-13(4-7-18(17)25)29-22(31)16-5-8-19(26)21-15(16)6-9-20(21)30-23(32)28-12-14-3-1-2-10-27-14;17-11-7-8(1-4-12(11)18)21-16(22)10-2-5-13(19)15-9(10)3-6-14(15)20;8-7(10)13-6-3-1-5(2-4-6)9(11)12;7-5-6-3-1-2-4-8-6;/h1-5,7-8,10-11,20H,6,9,12H2,(H,29,31)(H2,28,30,32);1-2,4-5,7,14H,3,6,20H2,(H,21,22);1-4H;1-4H,5,7H2;1H/t20-;14-;;;/m00.../s1. The average molecular weight is 1130 g/mol. The molecule has 0 radical (unpaired) electrons. The van der Waals surface area contributed by atoms with Crippen molar-refractivity contribution >= 4 is 87.5 Å². The minimum Gasteiger partial charge on any atom is -0.414 e. The molecule has 0 aliphatic heterocycles. The Kier molecular flexibility index (Phi) is 22.0. The van der Waals surface area contributed by atoms with E-state index in [1.165, 1.54) is 78.9 Å². The second kappa shape index (κ2) is 28.3. The van der Waals surface area contributed by atoms with Gasteiger partial charge in [-0.15, -0.1) is 12.4 Å². The zero-order valence-electron chi connectivity index (χ0n) is 39.5. The van der Waals surface area contributed by atoms with Gasteiger partial charge in [0, 0.05) is 82.3 Å². The summed E-state index contributed by atoms with van der Waals surface area (Å²) in [5.41, 5.74) is 15.0. The normalized spacial score (nSPS) is 13.4. The van der Waals surface area contributed by atoms with Crippen LogP contribution in [0.5, 0.6) is 5.75 Å². The Morgan fingerprint density at radius 2 is 1.18 bits per heavy atom. The molecule has 0 bridgehead atoms. The van der Waals surface area contributed by atoms with Crippen molar-refractivity contribution in [3.05, 3.63) is 222 Å². The molecule has 2 aliphatic rings. The van der Waals surface area contributed by atoms with Gasteiger partial charge in [0.2, 0.25) is 0 Å². The zero-order valence-corrected chi connectivity index (χ0v) is 42.6. The molecule has 0 saturated carbocycles. The Bertz CT molecular complexity index is 3190. The fourth-order valence-corrected chi connectivity index (χ4v) is 8.16. The second-order valence-corrected chi connectivity index (χ2v) is 17.3. The van der Waals surface area contributed by atoms with Crippen LogP contribution >= 0.6 is 47.2 Å². The number of non-ortho nitro benzene ring substituents is 1. The van der Waals surface area contributed by atoms with Gasteiger partial charge in [0.25, 0.3) is 17.5 Å². The predicted molar refractivity (Wildman–Crippen MR) is 282 cm³/mol. The quantitative estimate of drug-likeness (QED) is 0.0325. The third-order valence-electron chi connectivity index (χ3n) is 11.2. The van der Waals surface area contributed by atoms with Crippen LogP contribution in [0.25, 0.3) is 0 Å². The number of nitro groups is 1. The van der Waals surface area contributed by atoms with Gasteiger partial charge in [-0.05, 0) is 134 Å². The SMILES string of the molecule is Cl.NCc1ccccn1.N[C@H]1CCc2c(C(=O)Nc3ccc(F)c(Cl)c3)ccc(F)c21.O=C(Cl)Oc1ccc([N+](=O)[O-])cc1.O=C(NCc1ccccn1)N[C@H]1CCc2c(C(=O)Nc3ccc(F)c(Cl)c3)ccc(F)c21. The molecular weight excluding hydrogens is 1080 g/mol. The van der Waals surface area contributed by atoms with Crippen molar-refractivity contribution in [2.24, 2.45) is 11.5 Å². The van der Waals surface area contributed by atoms with E-state index in [-0.39, 0.29) is 52.3 Å². The van der Waals surface area contributed by atoms with Crippen LogP contribution in [0.3, 0.4) is 0 Å². The summed E-state index contributed by atoms with van der Waals surface area (Å²) in [4.78, 5) is 65.5. The molecule has 76 heavy (non-hydrogen) atoms. The highest BCUT2D eigenvalue weighted by Gasteiger charge is 2.31. The van der Waals surface area contributed by atoms with Gasteiger partial charge in [-0.1, -0.05) is 35.3 Å². The lowest BCUT2D eigenvalue weighted by Gasteiger charge is -2.16. The average Bonchev–Trinajstić information content (AvgIpc) is 4.02. The summed E-state index contributed by atoms with van der Waals surface area (Å²) in [6.07, 6.45) is 5.41. The number of nitrogens with one attached hydrogen (secondary N) is 4. The number of rotatable bonds is 10. The Labute approximate surface area is 453 Å². The lowest BCUT2D eigenvalue weighted by Crippen LogP contribution is -2.37. The Morgan fingerprint density at radius 1 is 0.684 bits per heavy atom. The summed E-state index contributed by atoms with van der Waals surface area (Å²) in [5.74, 6) is -2.73. The van der Waals surface area contributed by atoms with Gasteiger partial charge in [0.05, 0.1) is 38.9 Å². The van der Waals surface area contributed by atoms with Crippen LogP contribution in [-0.2, 0) is 25.9 Å². The van der Waals surface area contributed by atoms with E-state index >= 15 is 0 Å². The van der Waals surface area contributed by atoms with Crippen LogP contribution < -0.4 is 37.5 Å². The molecule has 4 amide bonds. The number of carbonyl (C=O) groups excluding carboxylic acids is 4. The van der Waals surface area contributed by atoms with E-state index in [9.17, 15) is 46.9 Å². The number of urea groups is 1. The number of fused-ring (bicyclic) bond motifs is 2. The Balaban J connectivity index is 0.000000209. The van der Waals surface area contributed by atoms with E-state index in [0.29, 0.717) is 82.7 Å². The molecule has 2 aliphatic carbocycles. The lowest BCUT2D eigenvalue weighted by molar-refractivity contribution is -0.384. The first-order chi connectivity index (χ1) is 35.9. The molecule has 0 spiro atoms. The molecule has 16 nitrogen and oxygen atoms in total. The van der Waals surface area contributed by atoms with Gasteiger partial charge >= 0.3 is 11.5 Å². The van der Waals surface area contributed by atoms with E-state index in [0.717, 1.165) is 11.8 Å². The van der Waals surface area contributed by atoms with Gasteiger partial charge in [-0.3, -0.25) is 29.7 Å². The molecule has 0 saturated heterocycles. The molecule has 8 N–H and O–H groups in total. The topological polar surface area (TPSA) is 247 Å². The van der Waals surface area contributed by atoms with Crippen LogP contribution in [0.4, 0.5) is 44.2 Å². The minimum absolute atomic E-state index is 0. The first-order valence-corrected chi connectivity index (χ1v) is 23.6. The van der Waals surface area contributed by atoms with Crippen molar-refractivity contribution in [3.63, 3.8) is 0 Å². The predicted octanol–water partition coefficient (Wildman–Crippen LogP) is 11.9. The molecule has 396 valence electrons. The second-order valence-electron chi connectivity index (χ2n) is 16.1. The molecule has 2 heterocycles. The van der Waals surface area contributed by atoms with E-state index in [2.05, 4.69) is 36.0 Å². The van der Waals surface area contributed by atoms with Crippen molar-refractivity contribution in [2.45, 2.75) is 50.9 Å². The fraction of sp³-hybridized carbons (Fsp3) is 0.154. The van der Waals surface area contributed by atoms with E-state index < -0.39 is 51.7 Å². The highest BCUT2D eigenvalue weighted by atomic mass is 35.5. The summed E-state index contributed by atoms with van der Waals surface area (Å²) in [6.45, 7) is 0.762. The largest absolute Gasteiger partial charge is 0.414 e. The number of aromatic nitrogens is 2. The number of anilines is 2. The number of nitrogens with two attached hydrogens (primary N) is 2. The molecule has 5 aromatic carbocycles. The maximum atomic E-state index is 14.6. The van der Waals surface area contributed by atoms with Crippen LogP contribution in [0.1, 0.15) is 79.3 Å². The molecule has 0 fully saturated rings. The van der Waals surface area contributed by atoms with Crippen molar-refractivity contribution in [3.8, 4) is 5.75 Å². The molecule has 9 rings (SSSR count). The molecular formula is C52H45Cl4F4N9O7. The number of hydrogen-bond acceptors (Lipinski definition) is 11. The monoisotopic (exact) mass is 1120 g/mol. The third kappa shape index (κ3) is 16.4. The highest BCUT2D eigenvalue weighted by molar-refractivity contribution is 6.61. The number of ether oxygens (including phenoxy) is 1. The van der Waals surface area contributed by atoms with Crippen molar-refractivity contribution in [1.29, 1.82) is 0 Å². The summed E-state index contributed by atoms with van der Waals surface area (Å²) in [5, 5.41) is 20.8. The number of amides is 4. The number of nitrogens with zero attached hydrogens (tertiary/aromatic N) is 3. The fourth-order valence-electron chi connectivity index (χ4n) is 7.71. The number of carbonyl (C=O) groups is 4. The maximum Gasteiger partial charge on any atom is 0.409 e. The molecule has 0 unspecified atom stereocenters.